The monoisotopic (exact) mass is 448 g/mol. The Balaban J connectivity index is 1.65. The van der Waals surface area contributed by atoms with Crippen molar-refractivity contribution < 1.29 is 19.1 Å². The highest BCUT2D eigenvalue weighted by Gasteiger charge is 2.39. The van der Waals surface area contributed by atoms with Crippen molar-refractivity contribution in [2.24, 2.45) is 0 Å². The second-order valence-electron chi connectivity index (χ2n) is 5.76. The van der Waals surface area contributed by atoms with Crippen molar-refractivity contribution in [2.75, 3.05) is 11.9 Å². The minimum absolute atomic E-state index is 0.159. The molecule has 0 bridgehead atoms. The molecule has 0 spiro atoms. The van der Waals surface area contributed by atoms with Gasteiger partial charge in [-0.3, -0.25) is 14.5 Å². The molecule has 1 heterocycles. The fourth-order valence-corrected chi connectivity index (χ4v) is 3.69. The number of carbonyl (C=O) groups is 3. The molecule has 140 valence electrons. The molecule has 1 N–H and O–H groups in total. The number of carbonyl (C=O) groups excluding carboxylic acids is 3. The van der Waals surface area contributed by atoms with Gasteiger partial charge in [0.2, 0.25) is 0 Å². The van der Waals surface area contributed by atoms with E-state index in [9.17, 15) is 14.4 Å². The molecule has 27 heavy (non-hydrogen) atoms. The van der Waals surface area contributed by atoms with Crippen molar-refractivity contribution in [3.05, 3.63) is 64.1 Å². The number of hydrogen-bond donors (Lipinski definition) is 1. The van der Waals surface area contributed by atoms with Gasteiger partial charge in [-0.25, -0.2) is 4.79 Å². The van der Waals surface area contributed by atoms with Crippen molar-refractivity contribution in [1.82, 2.24) is 4.90 Å². The Bertz CT molecular complexity index is 855. The molecule has 0 aromatic heterocycles. The average molecular weight is 449 g/mol. The van der Waals surface area contributed by atoms with Crippen molar-refractivity contribution >= 4 is 50.5 Å². The zero-order chi connectivity index (χ0) is 19.4. The third kappa shape index (κ3) is 4.70. The van der Waals surface area contributed by atoms with E-state index in [2.05, 4.69) is 21.2 Å². The highest BCUT2D eigenvalue weighted by Crippen LogP contribution is 2.30. The molecule has 1 atom stereocenters. The Morgan fingerprint density at radius 2 is 1.81 bits per heavy atom. The maximum atomic E-state index is 12.6. The van der Waals surface area contributed by atoms with Crippen molar-refractivity contribution in [3.8, 4) is 0 Å². The minimum atomic E-state index is -0.655. The summed E-state index contributed by atoms with van der Waals surface area (Å²) in [5.41, 5.74) is 1.95. The first-order chi connectivity index (χ1) is 13.0. The average Bonchev–Trinajstić information content (AvgIpc) is 2.92. The Morgan fingerprint density at radius 3 is 2.44 bits per heavy atom. The lowest BCUT2D eigenvalue weighted by molar-refractivity contribution is -0.126. The quantitative estimate of drug-likeness (QED) is 0.665. The van der Waals surface area contributed by atoms with Gasteiger partial charge in [-0.05, 0) is 60.6 Å². The van der Waals surface area contributed by atoms with Crippen molar-refractivity contribution in [2.45, 2.75) is 18.8 Å². The van der Waals surface area contributed by atoms with E-state index in [-0.39, 0.29) is 17.7 Å². The number of nitrogens with zero attached hydrogens (tertiary/aromatic N) is 1. The van der Waals surface area contributed by atoms with Crippen LogP contribution in [0.25, 0.3) is 0 Å². The van der Waals surface area contributed by atoms with Crippen LogP contribution in [-0.2, 0) is 16.1 Å². The van der Waals surface area contributed by atoms with Gasteiger partial charge >= 0.3 is 5.97 Å². The molecule has 1 saturated heterocycles. The number of ether oxygens (including phenoxy) is 1. The van der Waals surface area contributed by atoms with E-state index in [1.807, 2.05) is 24.3 Å². The normalized spacial score (nSPS) is 16.5. The van der Waals surface area contributed by atoms with Crippen LogP contribution in [0.3, 0.4) is 0 Å². The second kappa shape index (κ2) is 8.58. The summed E-state index contributed by atoms with van der Waals surface area (Å²) in [6.07, 6.45) is 0. The van der Waals surface area contributed by atoms with Gasteiger partial charge in [-0.15, -0.1) is 0 Å². The maximum Gasteiger partial charge on any atom is 0.338 e. The van der Waals surface area contributed by atoms with Crippen LogP contribution in [-0.4, -0.2) is 34.0 Å². The Morgan fingerprint density at radius 1 is 1.15 bits per heavy atom. The number of anilines is 1. The molecule has 6 nitrogen and oxygen atoms in total. The number of thioether (sulfide) groups is 1. The molecule has 2 aromatic rings. The summed E-state index contributed by atoms with van der Waals surface area (Å²) < 4.78 is 5.87. The number of esters is 1. The maximum absolute atomic E-state index is 12.6. The van der Waals surface area contributed by atoms with Crippen LogP contribution < -0.4 is 5.32 Å². The zero-order valence-electron chi connectivity index (χ0n) is 14.5. The van der Waals surface area contributed by atoms with Gasteiger partial charge in [0.1, 0.15) is 0 Å². The van der Waals surface area contributed by atoms with Crippen LogP contribution in [0.15, 0.2) is 53.0 Å². The van der Waals surface area contributed by atoms with Gasteiger partial charge in [-0.2, -0.15) is 0 Å². The van der Waals surface area contributed by atoms with Gasteiger partial charge in [0.25, 0.3) is 11.1 Å². The first kappa shape index (κ1) is 19.4. The Labute approximate surface area is 169 Å². The molecular formula is C19H17BrN2O4S. The minimum Gasteiger partial charge on any atom is -0.462 e. The number of imide groups is 1. The van der Waals surface area contributed by atoms with E-state index in [1.54, 1.807) is 31.2 Å². The van der Waals surface area contributed by atoms with Gasteiger partial charge in [0.15, 0.2) is 5.37 Å². The molecule has 3 rings (SSSR count). The molecule has 1 aliphatic rings. The molecule has 1 aliphatic heterocycles. The van der Waals surface area contributed by atoms with Gasteiger partial charge in [0.05, 0.1) is 18.7 Å². The van der Waals surface area contributed by atoms with Crippen LogP contribution in [0.1, 0.15) is 22.8 Å². The third-order valence-electron chi connectivity index (χ3n) is 3.88. The molecule has 2 amide bonds. The van der Waals surface area contributed by atoms with E-state index in [0.717, 1.165) is 27.5 Å². The van der Waals surface area contributed by atoms with E-state index in [1.165, 1.54) is 4.90 Å². The standard InChI is InChI=1S/C19H17BrN2O4S/c1-2-26-18(24)13-5-3-12(4-6-13)11-22-17(23)16(27-19(22)25)21-15-9-7-14(20)8-10-15/h3-10,16,21H,2,11H2,1H3. The van der Waals surface area contributed by atoms with Gasteiger partial charge in [0, 0.05) is 10.2 Å². The van der Waals surface area contributed by atoms with Gasteiger partial charge < -0.3 is 10.1 Å². The molecular weight excluding hydrogens is 432 g/mol. The predicted octanol–water partition coefficient (Wildman–Crippen LogP) is 4.26. The van der Waals surface area contributed by atoms with Crippen molar-refractivity contribution in [3.63, 3.8) is 0 Å². The number of halogens is 1. The van der Waals surface area contributed by atoms with Crippen molar-refractivity contribution in [1.29, 1.82) is 0 Å². The summed E-state index contributed by atoms with van der Waals surface area (Å²) in [6, 6.07) is 14.1. The lowest BCUT2D eigenvalue weighted by Gasteiger charge is -2.15. The molecule has 2 aromatic carbocycles. The van der Waals surface area contributed by atoms with E-state index in [4.69, 9.17) is 4.74 Å². The molecule has 0 aliphatic carbocycles. The number of nitrogens with one attached hydrogen (secondary N) is 1. The smallest absolute Gasteiger partial charge is 0.338 e. The molecule has 1 fully saturated rings. The zero-order valence-corrected chi connectivity index (χ0v) is 16.9. The first-order valence-corrected chi connectivity index (χ1v) is 9.95. The molecule has 1 unspecified atom stereocenters. The highest BCUT2D eigenvalue weighted by molar-refractivity contribution is 9.10. The summed E-state index contributed by atoms with van der Waals surface area (Å²) in [7, 11) is 0. The second-order valence-corrected chi connectivity index (χ2v) is 7.73. The van der Waals surface area contributed by atoms with Crippen LogP contribution in [0.5, 0.6) is 0 Å². The number of rotatable bonds is 6. The summed E-state index contributed by atoms with van der Waals surface area (Å²) in [6.45, 7) is 2.21. The fourth-order valence-electron chi connectivity index (χ4n) is 2.52. The lowest BCUT2D eigenvalue weighted by atomic mass is 10.1. The van der Waals surface area contributed by atoms with E-state index in [0.29, 0.717) is 12.2 Å². The van der Waals surface area contributed by atoms with Gasteiger partial charge in [-0.1, -0.05) is 28.1 Å². The largest absolute Gasteiger partial charge is 0.462 e. The fraction of sp³-hybridized carbons (Fsp3) is 0.211. The predicted molar refractivity (Wildman–Crippen MR) is 107 cm³/mol. The van der Waals surface area contributed by atoms with E-state index < -0.39 is 11.3 Å². The number of hydrogen-bond acceptors (Lipinski definition) is 6. The molecule has 8 heteroatoms. The summed E-state index contributed by atoms with van der Waals surface area (Å²) in [5.74, 6) is -0.686. The molecule has 0 radical (unpaired) electrons. The molecule has 0 saturated carbocycles. The summed E-state index contributed by atoms with van der Waals surface area (Å²) in [5, 5.41) is 2.11. The topological polar surface area (TPSA) is 75.7 Å². The number of benzene rings is 2. The number of amides is 2. The highest BCUT2D eigenvalue weighted by atomic mass is 79.9. The Hall–Kier alpha value is -2.32. The summed E-state index contributed by atoms with van der Waals surface area (Å²) >= 11 is 4.31. The van der Waals surface area contributed by atoms with E-state index >= 15 is 0 Å². The lowest BCUT2D eigenvalue weighted by Crippen LogP contribution is -2.33. The van der Waals surface area contributed by atoms with Crippen LogP contribution in [0.4, 0.5) is 10.5 Å². The van der Waals surface area contributed by atoms with Crippen LogP contribution >= 0.6 is 27.7 Å². The van der Waals surface area contributed by atoms with Crippen LogP contribution in [0, 0.1) is 0 Å². The first-order valence-electron chi connectivity index (χ1n) is 8.28. The van der Waals surface area contributed by atoms with Crippen LogP contribution in [0.2, 0.25) is 0 Å². The third-order valence-corrected chi connectivity index (χ3v) is 5.38. The Kier molecular flexibility index (Phi) is 6.18. The SMILES string of the molecule is CCOC(=O)c1ccc(CN2C(=O)SC(Nc3ccc(Br)cc3)C2=O)cc1. The summed E-state index contributed by atoms with van der Waals surface area (Å²) in [4.78, 5) is 37.7.